The minimum Gasteiger partial charge on any atom is -0.452 e. The van der Waals surface area contributed by atoms with Crippen molar-refractivity contribution in [1.29, 1.82) is 0 Å². The van der Waals surface area contributed by atoms with E-state index in [2.05, 4.69) is 32.2 Å². The van der Waals surface area contributed by atoms with Gasteiger partial charge in [-0.25, -0.2) is 9.78 Å². The number of nitrogens with zero attached hydrogens (tertiary/aromatic N) is 1. The minimum atomic E-state index is -0.545. The molecule has 5 nitrogen and oxygen atoms in total. The zero-order chi connectivity index (χ0) is 28.4. The lowest BCUT2D eigenvalue weighted by Crippen LogP contribution is -2.29. The maximum absolute atomic E-state index is 13.7. The Kier molecular flexibility index (Phi) is 7.97. The number of aromatic nitrogens is 1. The number of benzene rings is 3. The lowest BCUT2D eigenvalue weighted by Gasteiger charge is -2.36. The normalized spacial score (nSPS) is 16.0. The summed E-state index contributed by atoms with van der Waals surface area (Å²) in [4.78, 5) is 31.4. The standard InChI is InChI=1S/C33H30Cl2N2O3/c1-33(2,3)22-16-21(15-20-11-13-23(34)14-12-20)31-27(17-22)30(26-9-4-5-10-28(26)37-31)32(39)40-19-29(38)36-25-8-6-7-24(35)18-25/h4-15,18,22H,16-17,19H2,1-3H3,(H,36,38)/b21-15-. The van der Waals surface area contributed by atoms with Gasteiger partial charge in [-0.2, -0.15) is 0 Å². The predicted octanol–water partition coefficient (Wildman–Crippen LogP) is 8.49. The van der Waals surface area contributed by atoms with Crippen molar-refractivity contribution in [3.8, 4) is 0 Å². The molecular formula is C33H30Cl2N2O3. The van der Waals surface area contributed by atoms with E-state index in [1.165, 1.54) is 0 Å². The molecule has 0 aliphatic heterocycles. The van der Waals surface area contributed by atoms with Crippen LogP contribution in [0.3, 0.4) is 0 Å². The molecule has 0 bridgehead atoms. The van der Waals surface area contributed by atoms with Crippen molar-refractivity contribution in [3.05, 3.63) is 105 Å². The second kappa shape index (κ2) is 11.4. The minimum absolute atomic E-state index is 0.0135. The third-order valence-corrected chi connectivity index (χ3v) is 7.78. The fourth-order valence-electron chi connectivity index (χ4n) is 5.10. The van der Waals surface area contributed by atoms with Crippen LogP contribution in [0.15, 0.2) is 72.8 Å². The number of esters is 1. The largest absolute Gasteiger partial charge is 0.452 e. The number of carbonyl (C=O) groups excluding carboxylic acids is 2. The number of carbonyl (C=O) groups is 2. The highest BCUT2D eigenvalue weighted by molar-refractivity contribution is 6.31. The first kappa shape index (κ1) is 27.9. The fourth-order valence-corrected chi connectivity index (χ4v) is 5.41. The summed E-state index contributed by atoms with van der Waals surface area (Å²) in [7, 11) is 0. The smallest absolute Gasteiger partial charge is 0.339 e. The van der Waals surface area contributed by atoms with E-state index in [-0.39, 0.29) is 11.3 Å². The Morgan fingerprint density at radius 1 is 0.975 bits per heavy atom. The molecule has 4 aromatic rings. The highest BCUT2D eigenvalue weighted by Crippen LogP contribution is 2.45. The van der Waals surface area contributed by atoms with Crippen LogP contribution in [0.4, 0.5) is 5.69 Å². The number of hydrogen-bond donors (Lipinski definition) is 1. The summed E-state index contributed by atoms with van der Waals surface area (Å²) in [6.07, 6.45) is 3.62. The van der Waals surface area contributed by atoms with Crippen LogP contribution in [-0.2, 0) is 16.0 Å². The van der Waals surface area contributed by atoms with Crippen LogP contribution in [0.5, 0.6) is 0 Å². The number of amides is 1. The Bertz CT molecular complexity index is 1620. The van der Waals surface area contributed by atoms with Gasteiger partial charge in [0.25, 0.3) is 5.91 Å². The molecule has 3 aromatic carbocycles. The van der Waals surface area contributed by atoms with E-state index in [1.807, 2.05) is 48.5 Å². The summed E-state index contributed by atoms with van der Waals surface area (Å²) in [5.41, 5.74) is 5.40. The maximum atomic E-state index is 13.7. The number of allylic oxidation sites excluding steroid dienone is 1. The Labute approximate surface area is 244 Å². The molecule has 1 aromatic heterocycles. The van der Waals surface area contributed by atoms with E-state index in [0.29, 0.717) is 38.6 Å². The maximum Gasteiger partial charge on any atom is 0.339 e. The van der Waals surface area contributed by atoms with Gasteiger partial charge in [-0.3, -0.25) is 4.79 Å². The van der Waals surface area contributed by atoms with Gasteiger partial charge in [0, 0.05) is 21.1 Å². The van der Waals surface area contributed by atoms with Crippen LogP contribution in [0.2, 0.25) is 10.0 Å². The lowest BCUT2D eigenvalue weighted by molar-refractivity contribution is -0.119. The number of rotatable bonds is 5. The van der Waals surface area contributed by atoms with Gasteiger partial charge in [0.1, 0.15) is 0 Å². The number of pyridine rings is 1. The molecule has 0 fully saturated rings. The summed E-state index contributed by atoms with van der Waals surface area (Å²) in [6.45, 7) is 6.23. The van der Waals surface area contributed by atoms with E-state index >= 15 is 0 Å². The van der Waals surface area contributed by atoms with Crippen molar-refractivity contribution < 1.29 is 14.3 Å². The molecule has 40 heavy (non-hydrogen) atoms. The molecule has 7 heteroatoms. The number of halogens is 2. The van der Waals surface area contributed by atoms with Crippen molar-refractivity contribution in [2.45, 2.75) is 33.6 Å². The van der Waals surface area contributed by atoms with Crippen molar-refractivity contribution in [1.82, 2.24) is 4.98 Å². The van der Waals surface area contributed by atoms with Crippen molar-refractivity contribution >= 4 is 63.3 Å². The molecule has 0 radical (unpaired) electrons. The molecule has 1 atom stereocenters. The quantitative estimate of drug-likeness (QED) is 0.243. The molecule has 0 spiro atoms. The number of fused-ring (bicyclic) bond motifs is 2. The third kappa shape index (κ3) is 6.22. The van der Waals surface area contributed by atoms with Crippen LogP contribution < -0.4 is 5.32 Å². The number of ether oxygens (including phenoxy) is 1. The molecule has 1 aliphatic rings. The van der Waals surface area contributed by atoms with Gasteiger partial charge in [-0.15, -0.1) is 0 Å². The van der Waals surface area contributed by atoms with E-state index < -0.39 is 18.5 Å². The fraction of sp³-hybridized carbons (Fsp3) is 0.242. The first-order valence-electron chi connectivity index (χ1n) is 13.2. The molecule has 1 amide bonds. The van der Waals surface area contributed by atoms with Gasteiger partial charge in [0.05, 0.1) is 16.8 Å². The summed E-state index contributed by atoms with van der Waals surface area (Å²) in [5, 5.41) is 4.61. The van der Waals surface area contributed by atoms with Crippen LogP contribution in [0.1, 0.15) is 54.4 Å². The summed E-state index contributed by atoms with van der Waals surface area (Å²) in [6, 6.07) is 22.1. The second-order valence-corrected chi connectivity index (χ2v) is 12.0. The number of para-hydroxylation sites is 1. The van der Waals surface area contributed by atoms with Crippen molar-refractivity contribution in [2.24, 2.45) is 11.3 Å². The van der Waals surface area contributed by atoms with Crippen LogP contribution in [0.25, 0.3) is 22.6 Å². The zero-order valence-corrected chi connectivity index (χ0v) is 24.1. The summed E-state index contributed by atoms with van der Waals surface area (Å²) in [5.74, 6) is -0.727. The van der Waals surface area contributed by atoms with Gasteiger partial charge in [0.2, 0.25) is 0 Å². The monoisotopic (exact) mass is 572 g/mol. The van der Waals surface area contributed by atoms with Crippen LogP contribution in [0, 0.1) is 11.3 Å². The first-order valence-corrected chi connectivity index (χ1v) is 13.9. The molecule has 5 rings (SSSR count). The first-order chi connectivity index (χ1) is 19.1. The molecule has 204 valence electrons. The molecule has 0 saturated carbocycles. The Morgan fingerprint density at radius 3 is 2.45 bits per heavy atom. The van der Waals surface area contributed by atoms with Gasteiger partial charge in [-0.1, -0.05) is 80.4 Å². The number of nitrogens with one attached hydrogen (secondary N) is 1. The Hall–Kier alpha value is -3.67. The second-order valence-electron chi connectivity index (χ2n) is 11.2. The molecule has 1 heterocycles. The van der Waals surface area contributed by atoms with E-state index in [1.54, 1.807) is 24.3 Å². The SMILES string of the molecule is CC(C)(C)C1C/C(=C/c2ccc(Cl)cc2)c2nc3ccccc3c(C(=O)OCC(=O)Nc3cccc(Cl)c3)c2C1. The van der Waals surface area contributed by atoms with Crippen molar-refractivity contribution in [3.63, 3.8) is 0 Å². The van der Waals surface area contributed by atoms with Gasteiger partial charge in [0.15, 0.2) is 6.61 Å². The van der Waals surface area contributed by atoms with E-state index in [0.717, 1.165) is 28.8 Å². The van der Waals surface area contributed by atoms with Gasteiger partial charge < -0.3 is 10.1 Å². The molecular weight excluding hydrogens is 543 g/mol. The molecule has 0 saturated heterocycles. The van der Waals surface area contributed by atoms with E-state index in [9.17, 15) is 9.59 Å². The van der Waals surface area contributed by atoms with Crippen molar-refractivity contribution in [2.75, 3.05) is 11.9 Å². The highest BCUT2D eigenvalue weighted by Gasteiger charge is 2.35. The third-order valence-electron chi connectivity index (χ3n) is 7.30. The molecule has 1 unspecified atom stereocenters. The van der Waals surface area contributed by atoms with Gasteiger partial charge >= 0.3 is 5.97 Å². The van der Waals surface area contributed by atoms with E-state index in [4.69, 9.17) is 32.9 Å². The molecule has 1 aliphatic carbocycles. The lowest BCUT2D eigenvalue weighted by atomic mass is 9.69. The van der Waals surface area contributed by atoms with Gasteiger partial charge in [-0.05, 0) is 83.3 Å². The van der Waals surface area contributed by atoms with Crippen LogP contribution >= 0.6 is 23.2 Å². The topological polar surface area (TPSA) is 68.3 Å². The number of hydrogen-bond acceptors (Lipinski definition) is 4. The number of anilines is 1. The highest BCUT2D eigenvalue weighted by atomic mass is 35.5. The predicted molar refractivity (Wildman–Crippen MR) is 163 cm³/mol. The summed E-state index contributed by atoms with van der Waals surface area (Å²) >= 11 is 12.1. The summed E-state index contributed by atoms with van der Waals surface area (Å²) < 4.78 is 5.61. The average Bonchev–Trinajstić information content (AvgIpc) is 2.91. The Morgan fingerprint density at radius 2 is 1.73 bits per heavy atom. The molecule has 1 N–H and O–H groups in total. The average molecular weight is 574 g/mol. The zero-order valence-electron chi connectivity index (χ0n) is 22.6. The Balaban J connectivity index is 1.54. The van der Waals surface area contributed by atoms with Crippen LogP contribution in [-0.4, -0.2) is 23.5 Å².